The van der Waals surface area contributed by atoms with Crippen LogP contribution in [0.2, 0.25) is 0 Å². The van der Waals surface area contributed by atoms with E-state index in [2.05, 4.69) is 25.9 Å². The highest BCUT2D eigenvalue weighted by molar-refractivity contribution is 7.78. The van der Waals surface area contributed by atoms with Gasteiger partial charge in [0.1, 0.15) is 7.14 Å². The van der Waals surface area contributed by atoms with E-state index in [0.29, 0.717) is 5.92 Å². The first kappa shape index (κ1) is 16.5. The monoisotopic (exact) mass is 327 g/mol. The third-order valence-corrected chi connectivity index (χ3v) is 8.63. The predicted molar refractivity (Wildman–Crippen MR) is 99.4 cm³/mol. The summed E-state index contributed by atoms with van der Waals surface area (Å²) in [6.07, 6.45) is 2.94. The number of rotatable bonds is 6. The Hall–Kier alpha value is -1.37. The molecular formula is C20H26NOP. The highest BCUT2D eigenvalue weighted by atomic mass is 31.2. The van der Waals surface area contributed by atoms with Crippen LogP contribution in [0.25, 0.3) is 0 Å². The molecule has 3 rings (SSSR count). The highest BCUT2D eigenvalue weighted by Gasteiger charge is 2.53. The second-order valence-corrected chi connectivity index (χ2v) is 9.95. The molecule has 1 saturated carbocycles. The Morgan fingerprint density at radius 1 is 1.00 bits per heavy atom. The van der Waals surface area contributed by atoms with Crippen molar-refractivity contribution in [1.82, 2.24) is 4.90 Å². The van der Waals surface area contributed by atoms with Gasteiger partial charge in [-0.3, -0.25) is 0 Å². The minimum absolute atomic E-state index is 0.235. The van der Waals surface area contributed by atoms with Crippen molar-refractivity contribution in [2.75, 3.05) is 20.3 Å². The van der Waals surface area contributed by atoms with Crippen LogP contribution in [-0.4, -0.2) is 30.7 Å². The first-order chi connectivity index (χ1) is 11.0. The smallest absolute Gasteiger partial charge is 0.143 e. The van der Waals surface area contributed by atoms with Crippen LogP contribution in [-0.2, 0) is 4.57 Å². The van der Waals surface area contributed by atoms with Crippen LogP contribution >= 0.6 is 7.14 Å². The van der Waals surface area contributed by atoms with Gasteiger partial charge in [-0.05, 0) is 32.9 Å². The summed E-state index contributed by atoms with van der Waals surface area (Å²) < 4.78 is 14.0. The molecule has 0 N–H and O–H groups in total. The molecule has 2 aromatic carbocycles. The fraction of sp³-hybridized carbons (Fsp3) is 0.400. The van der Waals surface area contributed by atoms with Crippen LogP contribution in [0, 0.1) is 5.92 Å². The zero-order valence-electron chi connectivity index (χ0n) is 14.3. The molecule has 0 bridgehead atoms. The zero-order valence-corrected chi connectivity index (χ0v) is 15.2. The molecule has 2 nitrogen and oxygen atoms in total. The van der Waals surface area contributed by atoms with Crippen LogP contribution in [0.1, 0.15) is 19.8 Å². The number of hydrogen-bond donors (Lipinski definition) is 0. The van der Waals surface area contributed by atoms with Gasteiger partial charge in [-0.25, -0.2) is 0 Å². The van der Waals surface area contributed by atoms with Crippen LogP contribution in [0.15, 0.2) is 60.7 Å². The van der Waals surface area contributed by atoms with Crippen LogP contribution in [0.4, 0.5) is 0 Å². The lowest BCUT2D eigenvalue weighted by Crippen LogP contribution is -2.34. The van der Waals surface area contributed by atoms with Crippen molar-refractivity contribution < 1.29 is 4.57 Å². The average Bonchev–Trinajstić information content (AvgIpc) is 3.26. The second kappa shape index (κ2) is 6.26. The first-order valence-electron chi connectivity index (χ1n) is 8.37. The maximum absolute atomic E-state index is 14.0. The second-order valence-electron chi connectivity index (χ2n) is 6.99. The summed E-state index contributed by atoms with van der Waals surface area (Å²) in [6, 6.07) is 20.0. The van der Waals surface area contributed by atoms with Crippen LogP contribution < -0.4 is 10.6 Å². The fourth-order valence-electron chi connectivity index (χ4n) is 3.76. The highest BCUT2D eigenvalue weighted by Crippen LogP contribution is 2.54. The maximum atomic E-state index is 14.0. The molecule has 1 fully saturated rings. The van der Waals surface area contributed by atoms with E-state index in [1.165, 1.54) is 6.42 Å². The molecule has 2 atom stereocenters. The Balaban J connectivity index is 1.93. The van der Waals surface area contributed by atoms with Gasteiger partial charge in [0.25, 0.3) is 0 Å². The van der Waals surface area contributed by atoms with Gasteiger partial charge in [0.2, 0.25) is 0 Å². The SMILES string of the molecule is C[C@@H]1C[C@]1(CCP(=O)(c1ccccc1)c1ccccc1)N(C)C. The van der Waals surface area contributed by atoms with Gasteiger partial charge in [0.05, 0.1) is 0 Å². The van der Waals surface area contributed by atoms with Gasteiger partial charge in [0.15, 0.2) is 0 Å². The summed E-state index contributed by atoms with van der Waals surface area (Å²) in [7, 11) is 1.73. The molecule has 2 aromatic rings. The van der Waals surface area contributed by atoms with E-state index in [0.717, 1.165) is 23.2 Å². The molecule has 122 valence electrons. The Bertz CT molecular complexity index is 655. The van der Waals surface area contributed by atoms with E-state index in [1.807, 2.05) is 60.7 Å². The Morgan fingerprint density at radius 3 is 1.78 bits per heavy atom. The van der Waals surface area contributed by atoms with Crippen molar-refractivity contribution in [1.29, 1.82) is 0 Å². The van der Waals surface area contributed by atoms with Gasteiger partial charge in [-0.1, -0.05) is 67.6 Å². The molecular weight excluding hydrogens is 301 g/mol. The van der Waals surface area contributed by atoms with E-state index in [-0.39, 0.29) is 5.54 Å². The zero-order chi connectivity index (χ0) is 16.5. The molecule has 0 spiro atoms. The molecule has 1 aliphatic carbocycles. The van der Waals surface area contributed by atoms with Crippen LogP contribution in [0.5, 0.6) is 0 Å². The average molecular weight is 327 g/mol. The molecule has 0 saturated heterocycles. The summed E-state index contributed by atoms with van der Waals surface area (Å²) in [6.45, 7) is 2.30. The summed E-state index contributed by atoms with van der Waals surface area (Å²) >= 11 is 0. The Labute approximate surface area is 139 Å². The van der Waals surface area contributed by atoms with E-state index < -0.39 is 7.14 Å². The number of nitrogens with zero attached hydrogens (tertiary/aromatic N) is 1. The molecule has 0 heterocycles. The largest absolute Gasteiger partial charge is 0.314 e. The summed E-state index contributed by atoms with van der Waals surface area (Å²) in [5, 5.41) is 1.96. The lowest BCUT2D eigenvalue weighted by molar-refractivity contribution is 0.246. The van der Waals surface area contributed by atoms with Gasteiger partial charge >= 0.3 is 0 Å². The molecule has 0 aliphatic heterocycles. The van der Waals surface area contributed by atoms with Gasteiger partial charge in [-0.2, -0.15) is 0 Å². The van der Waals surface area contributed by atoms with E-state index in [4.69, 9.17) is 0 Å². The van der Waals surface area contributed by atoms with E-state index in [1.54, 1.807) is 0 Å². The normalized spacial score (nSPS) is 23.9. The molecule has 0 amide bonds. The molecule has 3 heteroatoms. The fourth-order valence-corrected chi connectivity index (χ4v) is 6.59. The third-order valence-electron chi connectivity index (χ3n) is 5.51. The van der Waals surface area contributed by atoms with Crippen molar-refractivity contribution in [2.45, 2.75) is 25.3 Å². The van der Waals surface area contributed by atoms with E-state index >= 15 is 0 Å². The van der Waals surface area contributed by atoms with Crippen LogP contribution in [0.3, 0.4) is 0 Å². The lowest BCUT2D eigenvalue weighted by atomic mass is 10.1. The standard InChI is InChI=1S/C20H26NOP/c1-17-16-20(17,21(2)3)14-15-23(22,18-10-6-4-7-11-18)19-12-8-5-9-13-19/h4-13,17H,14-16H2,1-3H3/t17-,20+/m1/s1. The summed E-state index contributed by atoms with van der Waals surface area (Å²) in [5.74, 6) is 0.692. The molecule has 0 aromatic heterocycles. The first-order valence-corrected chi connectivity index (χ1v) is 10.3. The van der Waals surface area contributed by atoms with Crippen molar-refractivity contribution in [3.8, 4) is 0 Å². The van der Waals surface area contributed by atoms with Crippen molar-refractivity contribution in [3.63, 3.8) is 0 Å². The molecule has 0 unspecified atom stereocenters. The lowest BCUT2D eigenvalue weighted by Gasteiger charge is -2.28. The molecule has 0 radical (unpaired) electrons. The number of benzene rings is 2. The quantitative estimate of drug-likeness (QED) is 0.754. The van der Waals surface area contributed by atoms with E-state index in [9.17, 15) is 4.57 Å². The third kappa shape index (κ3) is 3.03. The molecule has 23 heavy (non-hydrogen) atoms. The predicted octanol–water partition coefficient (Wildman–Crippen LogP) is 3.73. The summed E-state index contributed by atoms with van der Waals surface area (Å²) in [5.41, 5.74) is 0.235. The number of hydrogen-bond acceptors (Lipinski definition) is 2. The minimum atomic E-state index is -2.57. The topological polar surface area (TPSA) is 20.3 Å². The van der Waals surface area contributed by atoms with Gasteiger partial charge < -0.3 is 9.46 Å². The Morgan fingerprint density at radius 2 is 1.43 bits per heavy atom. The van der Waals surface area contributed by atoms with Crippen molar-refractivity contribution >= 4 is 17.8 Å². The van der Waals surface area contributed by atoms with Gasteiger partial charge in [-0.15, -0.1) is 0 Å². The maximum Gasteiger partial charge on any atom is 0.143 e. The minimum Gasteiger partial charge on any atom is -0.314 e. The summed E-state index contributed by atoms with van der Waals surface area (Å²) in [4.78, 5) is 2.33. The van der Waals surface area contributed by atoms with Crippen molar-refractivity contribution in [2.24, 2.45) is 5.92 Å². The van der Waals surface area contributed by atoms with Gasteiger partial charge in [0, 0.05) is 22.3 Å². The molecule has 1 aliphatic rings. The van der Waals surface area contributed by atoms with Crippen molar-refractivity contribution in [3.05, 3.63) is 60.7 Å². The Kier molecular flexibility index (Phi) is 4.49.